The fraction of sp³-hybridized carbons (Fsp3) is 0. The third kappa shape index (κ3) is 6.57. The summed E-state index contributed by atoms with van der Waals surface area (Å²) in [5.41, 5.74) is 16.2. The molecule has 0 aliphatic carbocycles. The van der Waals surface area contributed by atoms with E-state index in [4.69, 9.17) is 0 Å². The summed E-state index contributed by atoms with van der Waals surface area (Å²) in [6.45, 7) is 0. The van der Waals surface area contributed by atoms with Crippen molar-refractivity contribution in [3.63, 3.8) is 0 Å². The van der Waals surface area contributed by atoms with Crippen LogP contribution >= 0.6 is 0 Å². The van der Waals surface area contributed by atoms with E-state index in [1.807, 2.05) is 0 Å². The standard InChI is InChI=1S/C66H44N2/c1-3-19-45(20-4-1)54-28-13-15-34-62(54)67(52-26-17-25-49(43-52)61-44-50-24-8-9-27-53(50)57-30-11-12-31-58(57)61)51-40-37-48(38-41-51)65-55(46-21-5-2-6-22-46)33-18-36-64(65)68-63-35-16-14-32-59(63)60-42-39-47-23-7-10-29-56(47)66(60)68/h1-44H. The Hall–Kier alpha value is -8.98. The molecule has 0 spiro atoms. The second-order valence-electron chi connectivity index (χ2n) is 17.6. The molecule has 0 N–H and O–H groups in total. The summed E-state index contributed by atoms with van der Waals surface area (Å²) < 4.78 is 2.51. The van der Waals surface area contributed by atoms with Crippen LogP contribution in [0.3, 0.4) is 0 Å². The number of benzene rings is 12. The number of aromatic nitrogens is 1. The van der Waals surface area contributed by atoms with Crippen LogP contribution in [0.4, 0.5) is 17.1 Å². The van der Waals surface area contributed by atoms with Crippen molar-refractivity contribution in [1.82, 2.24) is 4.57 Å². The molecule has 0 saturated carbocycles. The zero-order valence-corrected chi connectivity index (χ0v) is 37.3. The predicted molar refractivity (Wildman–Crippen MR) is 290 cm³/mol. The molecule has 0 unspecified atom stereocenters. The average Bonchev–Trinajstić information content (AvgIpc) is 3.76. The molecule has 0 amide bonds. The highest BCUT2D eigenvalue weighted by atomic mass is 15.1. The maximum absolute atomic E-state index is 2.51. The molecule has 0 aliphatic heterocycles. The van der Waals surface area contributed by atoms with Gasteiger partial charge >= 0.3 is 0 Å². The zero-order chi connectivity index (χ0) is 45.0. The van der Waals surface area contributed by atoms with Crippen molar-refractivity contribution >= 4 is 71.2 Å². The molecule has 0 aliphatic rings. The highest BCUT2D eigenvalue weighted by molar-refractivity contribution is 6.19. The Labute approximate surface area is 395 Å². The maximum atomic E-state index is 2.51. The normalized spacial score (nSPS) is 11.5. The Morgan fingerprint density at radius 3 is 1.66 bits per heavy atom. The van der Waals surface area contributed by atoms with Crippen molar-refractivity contribution < 1.29 is 0 Å². The molecule has 0 saturated heterocycles. The van der Waals surface area contributed by atoms with Crippen LogP contribution in [-0.2, 0) is 0 Å². The van der Waals surface area contributed by atoms with Crippen molar-refractivity contribution in [2.75, 3.05) is 4.90 Å². The summed E-state index contributed by atoms with van der Waals surface area (Å²) in [6, 6.07) is 97.6. The summed E-state index contributed by atoms with van der Waals surface area (Å²) in [5.74, 6) is 0. The maximum Gasteiger partial charge on any atom is 0.0619 e. The highest BCUT2D eigenvalue weighted by Gasteiger charge is 2.23. The molecule has 1 aromatic heterocycles. The van der Waals surface area contributed by atoms with Crippen LogP contribution in [0, 0.1) is 0 Å². The molecule has 0 bridgehead atoms. The van der Waals surface area contributed by atoms with Gasteiger partial charge in [0.05, 0.1) is 22.4 Å². The molecule has 318 valence electrons. The monoisotopic (exact) mass is 864 g/mol. The quantitative estimate of drug-likeness (QED) is 0.138. The number of rotatable bonds is 8. The van der Waals surface area contributed by atoms with E-state index in [0.29, 0.717) is 0 Å². The molecule has 0 radical (unpaired) electrons. The van der Waals surface area contributed by atoms with Gasteiger partial charge in [-0.2, -0.15) is 0 Å². The van der Waals surface area contributed by atoms with E-state index in [1.165, 1.54) is 87.5 Å². The first kappa shape index (κ1) is 39.4. The highest BCUT2D eigenvalue weighted by Crippen LogP contribution is 2.46. The van der Waals surface area contributed by atoms with Gasteiger partial charge in [-0.25, -0.2) is 0 Å². The fourth-order valence-corrected chi connectivity index (χ4v) is 10.7. The van der Waals surface area contributed by atoms with Crippen molar-refractivity contribution in [2.24, 2.45) is 0 Å². The van der Waals surface area contributed by atoms with Crippen molar-refractivity contribution in [3.8, 4) is 50.2 Å². The van der Waals surface area contributed by atoms with Gasteiger partial charge in [-0.15, -0.1) is 0 Å². The van der Waals surface area contributed by atoms with Gasteiger partial charge in [-0.1, -0.05) is 218 Å². The minimum atomic E-state index is 1.07. The topological polar surface area (TPSA) is 8.17 Å². The van der Waals surface area contributed by atoms with Crippen LogP contribution < -0.4 is 4.90 Å². The smallest absolute Gasteiger partial charge is 0.0619 e. The van der Waals surface area contributed by atoms with Gasteiger partial charge in [0.25, 0.3) is 0 Å². The SMILES string of the molecule is c1ccc(-c2ccccc2N(c2ccc(-c3c(-c4ccccc4)cccc3-n3c4ccccc4c4ccc5ccccc5c43)cc2)c2cccc(-c3cc4ccccc4c4ccccc34)c2)cc1. The zero-order valence-electron chi connectivity index (χ0n) is 37.3. The second kappa shape index (κ2) is 16.5. The number of para-hydroxylation sites is 2. The van der Waals surface area contributed by atoms with Gasteiger partial charge < -0.3 is 9.47 Å². The predicted octanol–water partition coefficient (Wildman–Crippen LogP) is 18.4. The summed E-state index contributed by atoms with van der Waals surface area (Å²) in [6.07, 6.45) is 0. The summed E-state index contributed by atoms with van der Waals surface area (Å²) in [7, 11) is 0. The molecule has 1 heterocycles. The van der Waals surface area contributed by atoms with Gasteiger partial charge in [0.1, 0.15) is 0 Å². The van der Waals surface area contributed by atoms with E-state index in [9.17, 15) is 0 Å². The summed E-state index contributed by atoms with van der Waals surface area (Å²) in [4.78, 5) is 2.43. The molecule has 2 nitrogen and oxygen atoms in total. The lowest BCUT2D eigenvalue weighted by Gasteiger charge is -2.29. The van der Waals surface area contributed by atoms with Gasteiger partial charge in [0, 0.05) is 38.7 Å². The molecule has 12 aromatic carbocycles. The Kier molecular flexibility index (Phi) is 9.54. The number of nitrogens with zero attached hydrogens (tertiary/aromatic N) is 2. The van der Waals surface area contributed by atoms with Gasteiger partial charge in [-0.05, 0) is 109 Å². The van der Waals surface area contributed by atoms with Gasteiger partial charge in [-0.3, -0.25) is 0 Å². The van der Waals surface area contributed by atoms with Crippen LogP contribution in [0.25, 0.3) is 104 Å². The number of anilines is 3. The van der Waals surface area contributed by atoms with E-state index >= 15 is 0 Å². The fourth-order valence-electron chi connectivity index (χ4n) is 10.7. The van der Waals surface area contributed by atoms with Gasteiger partial charge in [0.15, 0.2) is 0 Å². The summed E-state index contributed by atoms with van der Waals surface area (Å²) >= 11 is 0. The van der Waals surface area contributed by atoms with E-state index in [1.54, 1.807) is 0 Å². The Balaban J connectivity index is 1.03. The number of hydrogen-bond acceptors (Lipinski definition) is 1. The van der Waals surface area contributed by atoms with Crippen molar-refractivity contribution in [2.45, 2.75) is 0 Å². The molecule has 0 fully saturated rings. The lowest BCUT2D eigenvalue weighted by Crippen LogP contribution is -2.11. The molecule has 0 atom stereocenters. The third-order valence-electron chi connectivity index (χ3n) is 13.8. The minimum Gasteiger partial charge on any atom is -0.310 e. The van der Waals surface area contributed by atoms with E-state index in [-0.39, 0.29) is 0 Å². The number of fused-ring (bicyclic) bond motifs is 8. The van der Waals surface area contributed by atoms with E-state index in [2.05, 4.69) is 276 Å². The van der Waals surface area contributed by atoms with Crippen LogP contribution in [-0.4, -0.2) is 4.57 Å². The lowest BCUT2D eigenvalue weighted by atomic mass is 9.92. The molecular weight excluding hydrogens is 821 g/mol. The van der Waals surface area contributed by atoms with Gasteiger partial charge in [0.2, 0.25) is 0 Å². The number of hydrogen-bond donors (Lipinski definition) is 0. The minimum absolute atomic E-state index is 1.07. The van der Waals surface area contributed by atoms with Crippen LogP contribution in [0.1, 0.15) is 0 Å². The van der Waals surface area contributed by atoms with Crippen molar-refractivity contribution in [3.05, 3.63) is 267 Å². The van der Waals surface area contributed by atoms with E-state index in [0.717, 1.165) is 33.9 Å². The Bertz CT molecular complexity index is 4020. The van der Waals surface area contributed by atoms with Crippen LogP contribution in [0.5, 0.6) is 0 Å². The molecule has 68 heavy (non-hydrogen) atoms. The first-order valence-electron chi connectivity index (χ1n) is 23.4. The van der Waals surface area contributed by atoms with E-state index < -0.39 is 0 Å². The first-order chi connectivity index (χ1) is 33.8. The van der Waals surface area contributed by atoms with Crippen molar-refractivity contribution in [1.29, 1.82) is 0 Å². The third-order valence-corrected chi connectivity index (χ3v) is 13.8. The second-order valence-corrected chi connectivity index (χ2v) is 17.6. The molecule has 13 aromatic rings. The summed E-state index contributed by atoms with van der Waals surface area (Å²) in [5, 5.41) is 9.96. The Morgan fingerprint density at radius 2 is 0.868 bits per heavy atom. The molecule has 2 heteroatoms. The van der Waals surface area contributed by atoms with Crippen LogP contribution in [0.2, 0.25) is 0 Å². The molecule has 13 rings (SSSR count). The average molecular weight is 865 g/mol. The first-order valence-corrected chi connectivity index (χ1v) is 23.4. The largest absolute Gasteiger partial charge is 0.310 e. The Morgan fingerprint density at radius 1 is 0.279 bits per heavy atom. The molecular formula is C66H44N2. The van der Waals surface area contributed by atoms with Crippen LogP contribution in [0.15, 0.2) is 267 Å². The lowest BCUT2D eigenvalue weighted by molar-refractivity contribution is 1.19.